The number of likely N-dealkylation sites (N-methyl/N-ethyl adjacent to an activating group) is 4. The van der Waals surface area contributed by atoms with Gasteiger partial charge in [0.25, 0.3) is 23.6 Å². The predicted octanol–water partition coefficient (Wildman–Crippen LogP) is 6.67. The van der Waals surface area contributed by atoms with Gasteiger partial charge in [-0.3, -0.25) is 19.2 Å². The van der Waals surface area contributed by atoms with E-state index in [1.807, 2.05) is 78.3 Å². The van der Waals surface area contributed by atoms with Crippen molar-refractivity contribution in [2.75, 3.05) is 28.2 Å². The van der Waals surface area contributed by atoms with E-state index in [2.05, 4.69) is 20.9 Å². The lowest BCUT2D eigenvalue weighted by Crippen LogP contribution is -2.55. The highest BCUT2D eigenvalue weighted by Crippen LogP contribution is 2.24. The highest BCUT2D eigenvalue weighted by molar-refractivity contribution is 9.10. The maximum absolute atomic E-state index is 14.9. The summed E-state index contributed by atoms with van der Waals surface area (Å²) in [6, 6.07) is 11.1. The molecule has 1 aliphatic heterocycles. The minimum Gasteiger partial charge on any atom is -0.451 e. The van der Waals surface area contributed by atoms with Crippen LogP contribution in [0.4, 0.5) is 0 Å². The summed E-state index contributed by atoms with van der Waals surface area (Å²) in [7, 11) is 5.57. The number of esters is 4. The average Bonchev–Trinajstić information content (AvgIpc) is 3.77. The van der Waals surface area contributed by atoms with Crippen LogP contribution in [0.2, 0.25) is 0 Å². The Morgan fingerprint density at radius 3 is 1.12 bits per heavy atom. The van der Waals surface area contributed by atoms with Gasteiger partial charge in [0.2, 0.25) is 0 Å². The summed E-state index contributed by atoms with van der Waals surface area (Å²) in [5.41, 5.74) is 2.19. The van der Waals surface area contributed by atoms with E-state index in [9.17, 15) is 38.4 Å². The van der Waals surface area contributed by atoms with E-state index in [-0.39, 0.29) is 62.2 Å². The van der Waals surface area contributed by atoms with Gasteiger partial charge in [0.05, 0.1) is 6.33 Å². The maximum atomic E-state index is 14.9. The van der Waals surface area contributed by atoms with Crippen LogP contribution in [0.15, 0.2) is 71.7 Å². The van der Waals surface area contributed by atoms with Crippen molar-refractivity contribution >= 4 is 63.4 Å². The van der Waals surface area contributed by atoms with Crippen LogP contribution in [-0.2, 0) is 76.7 Å². The van der Waals surface area contributed by atoms with Gasteiger partial charge in [-0.1, -0.05) is 110 Å². The van der Waals surface area contributed by atoms with Gasteiger partial charge >= 0.3 is 23.9 Å². The zero-order chi connectivity index (χ0) is 56.0. The Hall–Kier alpha value is -6.11. The van der Waals surface area contributed by atoms with Gasteiger partial charge in [-0.25, -0.2) is 24.2 Å². The molecule has 18 nitrogen and oxygen atoms in total. The highest BCUT2D eigenvalue weighted by atomic mass is 79.9. The SMILES string of the molecule is CC(C)C[C@H]1C(=O)O[C@H](Cc2ccc(Cn3cnc(Br)c3)cc2)C(=O)N(C)[C@@H](CC(C)C)C(=O)O[C@H](C)C(=O)N(C)[C@@H](CC(C)C)C(=O)O[C@H](Cc2ccccc2)C(=O)N(C)[C@@H](CC(C)C)C(=O)O[C@H](C)C(=O)N1C. The summed E-state index contributed by atoms with van der Waals surface area (Å²) >= 11 is 3.37. The second-order valence-electron chi connectivity index (χ2n) is 21.5. The molecule has 19 heteroatoms. The van der Waals surface area contributed by atoms with Crippen molar-refractivity contribution in [2.24, 2.45) is 23.7 Å². The summed E-state index contributed by atoms with van der Waals surface area (Å²) in [4.78, 5) is 125. The van der Waals surface area contributed by atoms with Crippen LogP contribution in [0.1, 0.15) is 112 Å². The standard InChI is InChI=1S/C56H79BrN6O12/c1-33(2)24-42-53(68)72-38(10)50(65)60(12)45(27-36(7)8)56(71)75-47(29-40-20-22-41(23-21-40)30-63-31-48(57)58-32-63)52(67)62(14)43(25-34(3)4)54(69)73-37(9)49(64)59(11)44(26-35(5)6)55(70)74-46(51(66)61(42)13)28-39-18-16-15-17-19-39/h15-23,31-38,42-47H,24-30H2,1-14H3/t37-,38-,42+,43+,44+,45+,46-,47-/m1/s1. The molecule has 1 saturated heterocycles. The molecule has 1 aromatic heterocycles. The normalized spacial score (nSPS) is 24.0. The summed E-state index contributed by atoms with van der Waals surface area (Å²) in [6.45, 7) is 18.0. The van der Waals surface area contributed by atoms with E-state index in [1.54, 1.807) is 48.8 Å². The molecule has 2 aromatic carbocycles. The van der Waals surface area contributed by atoms with Gasteiger partial charge in [-0.05, 0) is 95.8 Å². The number of cyclic esters (lactones) is 4. The first kappa shape index (κ1) is 61.4. The van der Waals surface area contributed by atoms with E-state index in [0.29, 0.717) is 22.3 Å². The van der Waals surface area contributed by atoms with Crippen LogP contribution in [0.5, 0.6) is 0 Å². The fourth-order valence-electron chi connectivity index (χ4n) is 8.93. The van der Waals surface area contributed by atoms with Crippen LogP contribution in [-0.4, -0.2) is 153 Å². The number of imidazole rings is 1. The molecule has 3 aromatic rings. The fourth-order valence-corrected chi connectivity index (χ4v) is 9.29. The van der Waals surface area contributed by atoms with Crippen molar-refractivity contribution in [1.29, 1.82) is 0 Å². The lowest BCUT2D eigenvalue weighted by atomic mass is 9.99. The number of amides is 4. The van der Waals surface area contributed by atoms with Crippen LogP contribution >= 0.6 is 15.9 Å². The maximum Gasteiger partial charge on any atom is 0.329 e. The smallest absolute Gasteiger partial charge is 0.329 e. The Morgan fingerprint density at radius 2 is 0.787 bits per heavy atom. The molecule has 0 aliphatic carbocycles. The molecule has 0 N–H and O–H groups in total. The molecule has 2 heterocycles. The molecule has 0 saturated carbocycles. The zero-order valence-corrected chi connectivity index (χ0v) is 47.8. The molecule has 1 aliphatic rings. The summed E-state index contributed by atoms with van der Waals surface area (Å²) in [5, 5.41) is 0. The molecule has 412 valence electrons. The number of ether oxygens (including phenoxy) is 4. The molecule has 0 bridgehead atoms. The predicted molar refractivity (Wildman–Crippen MR) is 284 cm³/mol. The monoisotopic (exact) mass is 1110 g/mol. The molecule has 0 radical (unpaired) electrons. The Morgan fingerprint density at radius 1 is 0.467 bits per heavy atom. The molecule has 8 atom stereocenters. The third kappa shape index (κ3) is 17.7. The fraction of sp³-hybridized carbons (Fsp3) is 0.589. The Labute approximate surface area is 451 Å². The highest BCUT2D eigenvalue weighted by Gasteiger charge is 2.43. The van der Waals surface area contributed by atoms with Crippen LogP contribution in [0.25, 0.3) is 0 Å². The van der Waals surface area contributed by atoms with Crippen LogP contribution < -0.4 is 0 Å². The number of carbonyl (C=O) groups is 8. The number of nitrogens with zero attached hydrogens (tertiary/aromatic N) is 6. The van der Waals surface area contributed by atoms with E-state index in [4.69, 9.17) is 18.9 Å². The van der Waals surface area contributed by atoms with Crippen molar-refractivity contribution in [1.82, 2.24) is 29.2 Å². The van der Waals surface area contributed by atoms with E-state index < -0.39 is 96.1 Å². The summed E-state index contributed by atoms with van der Waals surface area (Å²) in [5.74, 6) is -7.29. The summed E-state index contributed by atoms with van der Waals surface area (Å²) < 4.78 is 26.6. The van der Waals surface area contributed by atoms with E-state index in [1.165, 1.54) is 42.0 Å². The van der Waals surface area contributed by atoms with Crippen molar-refractivity contribution in [2.45, 2.75) is 163 Å². The topological polar surface area (TPSA) is 204 Å². The number of hydrogen-bond donors (Lipinski definition) is 0. The number of rotatable bonds is 14. The first-order chi connectivity index (χ1) is 35.2. The third-order valence-electron chi connectivity index (χ3n) is 13.2. The van der Waals surface area contributed by atoms with Gasteiger partial charge < -0.3 is 43.1 Å². The second-order valence-corrected chi connectivity index (χ2v) is 22.3. The van der Waals surface area contributed by atoms with Gasteiger partial charge in [0.15, 0.2) is 24.4 Å². The molecular formula is C56H79BrN6O12. The van der Waals surface area contributed by atoms with Crippen molar-refractivity contribution in [3.8, 4) is 0 Å². The zero-order valence-electron chi connectivity index (χ0n) is 46.2. The minimum atomic E-state index is -1.53. The quantitative estimate of drug-likeness (QED) is 0.122. The Bertz CT molecular complexity index is 2410. The van der Waals surface area contributed by atoms with Gasteiger partial charge in [-0.15, -0.1) is 0 Å². The molecule has 75 heavy (non-hydrogen) atoms. The second kappa shape index (κ2) is 28.1. The van der Waals surface area contributed by atoms with Crippen molar-refractivity contribution < 1.29 is 57.3 Å². The van der Waals surface area contributed by atoms with Gasteiger partial charge in [0, 0.05) is 53.8 Å². The first-order valence-corrected chi connectivity index (χ1v) is 26.7. The minimum absolute atomic E-state index is 0.0890. The van der Waals surface area contributed by atoms with Crippen molar-refractivity contribution in [3.63, 3.8) is 0 Å². The molecule has 0 unspecified atom stereocenters. The van der Waals surface area contributed by atoms with Crippen molar-refractivity contribution in [3.05, 3.63) is 88.4 Å². The lowest BCUT2D eigenvalue weighted by Gasteiger charge is -2.35. The van der Waals surface area contributed by atoms with Gasteiger partial charge in [-0.2, -0.15) is 0 Å². The largest absolute Gasteiger partial charge is 0.451 e. The number of carbonyl (C=O) groups excluding carboxylic acids is 8. The third-order valence-corrected chi connectivity index (χ3v) is 13.6. The van der Waals surface area contributed by atoms with Gasteiger partial charge in [0.1, 0.15) is 28.8 Å². The molecule has 1 fully saturated rings. The van der Waals surface area contributed by atoms with E-state index >= 15 is 0 Å². The summed E-state index contributed by atoms with van der Waals surface area (Å²) in [6.07, 6.45) is -2.26. The molecule has 4 amide bonds. The Kier molecular flexibility index (Phi) is 23.1. The average molecular weight is 1110 g/mol. The molecule has 0 spiro atoms. The van der Waals surface area contributed by atoms with Crippen LogP contribution in [0.3, 0.4) is 0 Å². The number of hydrogen-bond acceptors (Lipinski definition) is 13. The first-order valence-electron chi connectivity index (χ1n) is 25.9. The Balaban J connectivity index is 1.85. The number of benzene rings is 2. The van der Waals surface area contributed by atoms with Crippen LogP contribution in [0, 0.1) is 23.7 Å². The number of halogens is 1. The lowest BCUT2D eigenvalue weighted by molar-refractivity contribution is -0.176. The number of aromatic nitrogens is 2. The van der Waals surface area contributed by atoms with E-state index in [0.717, 1.165) is 25.2 Å². The molecule has 4 rings (SSSR count). The molecular weight excluding hydrogens is 1030 g/mol.